The van der Waals surface area contributed by atoms with E-state index in [1.54, 1.807) is 12.1 Å². The number of pyridine rings is 1. The number of rotatable bonds is 2. The van der Waals surface area contributed by atoms with Gasteiger partial charge in [-0.05, 0) is 28.7 Å². The molecule has 2 rings (SSSR count). The van der Waals surface area contributed by atoms with E-state index in [9.17, 15) is 9.90 Å². The molecule has 1 heterocycles. The lowest BCUT2D eigenvalue weighted by molar-refractivity contribution is 0.0594. The molecule has 1 aromatic carbocycles. The number of aliphatic hydroxyl groups excluding tert-OH is 1. The van der Waals surface area contributed by atoms with Crippen molar-refractivity contribution in [3.05, 3.63) is 65.0 Å². The number of carbonyl (C=O) groups excluding carboxylic acids is 1. The van der Waals surface area contributed by atoms with Crippen LogP contribution in [0.3, 0.4) is 0 Å². The maximum atomic E-state index is 11.3. The highest BCUT2D eigenvalue weighted by atomic mass is 16.5. The molecule has 0 radical (unpaired) electrons. The second kappa shape index (κ2) is 7.29. The summed E-state index contributed by atoms with van der Waals surface area (Å²) in [4.78, 5) is 15.3. The Kier molecular flexibility index (Phi) is 5.38. The Morgan fingerprint density at radius 2 is 1.83 bits per heavy atom. The zero-order valence-electron chi connectivity index (χ0n) is 14.3. The summed E-state index contributed by atoms with van der Waals surface area (Å²) >= 11 is 0. The summed E-state index contributed by atoms with van der Waals surface area (Å²) in [5, 5.41) is 10.2. The zero-order valence-corrected chi connectivity index (χ0v) is 14.3. The zero-order chi connectivity index (χ0) is 17.7. The number of ether oxygens (including phenoxy) is 1. The SMILES string of the molecule is COC(=O)c1ccc(C#CC(O)c2ccc(C(C)(C)C)cc2)cn1. The number of esters is 1. The van der Waals surface area contributed by atoms with E-state index in [1.807, 2.05) is 24.3 Å². The van der Waals surface area contributed by atoms with Crippen molar-refractivity contribution in [2.45, 2.75) is 32.3 Å². The second-order valence-corrected chi connectivity index (χ2v) is 6.47. The number of aliphatic hydroxyl groups is 1. The molecule has 0 aliphatic rings. The molecule has 0 bridgehead atoms. The molecule has 0 spiro atoms. The van der Waals surface area contributed by atoms with Crippen molar-refractivity contribution in [3.63, 3.8) is 0 Å². The fourth-order valence-electron chi connectivity index (χ4n) is 2.09. The molecule has 1 aromatic heterocycles. The molecule has 0 saturated carbocycles. The van der Waals surface area contributed by atoms with E-state index in [0.29, 0.717) is 5.56 Å². The first kappa shape index (κ1) is 17.7. The fourth-order valence-corrected chi connectivity index (χ4v) is 2.09. The van der Waals surface area contributed by atoms with Gasteiger partial charge in [0.25, 0.3) is 0 Å². The summed E-state index contributed by atoms with van der Waals surface area (Å²) in [6.07, 6.45) is 0.605. The average Bonchev–Trinajstić information content (AvgIpc) is 2.58. The van der Waals surface area contributed by atoms with Crippen LogP contribution < -0.4 is 0 Å². The lowest BCUT2D eigenvalue weighted by atomic mass is 9.86. The van der Waals surface area contributed by atoms with Crippen LogP contribution in [0.4, 0.5) is 0 Å². The van der Waals surface area contributed by atoms with Crippen molar-refractivity contribution in [1.82, 2.24) is 4.98 Å². The van der Waals surface area contributed by atoms with Crippen molar-refractivity contribution in [2.24, 2.45) is 0 Å². The summed E-state index contributed by atoms with van der Waals surface area (Å²) in [6.45, 7) is 6.43. The largest absolute Gasteiger partial charge is 0.464 e. The van der Waals surface area contributed by atoms with Gasteiger partial charge in [-0.1, -0.05) is 56.9 Å². The Bertz CT molecular complexity index is 760. The standard InChI is InChI=1S/C20H21NO3/c1-20(2,3)16-9-7-15(8-10-16)18(22)12-6-14-5-11-17(21-13-14)19(23)24-4/h5,7-11,13,18,22H,1-4H3. The minimum Gasteiger partial charge on any atom is -0.464 e. The summed E-state index contributed by atoms with van der Waals surface area (Å²) < 4.78 is 4.59. The van der Waals surface area contributed by atoms with Gasteiger partial charge in [0, 0.05) is 11.8 Å². The van der Waals surface area contributed by atoms with Crippen molar-refractivity contribution in [3.8, 4) is 11.8 Å². The van der Waals surface area contributed by atoms with Crippen LogP contribution >= 0.6 is 0 Å². The van der Waals surface area contributed by atoms with Gasteiger partial charge >= 0.3 is 5.97 Å². The van der Waals surface area contributed by atoms with Crippen molar-refractivity contribution < 1.29 is 14.6 Å². The third kappa shape index (κ3) is 4.43. The molecule has 4 nitrogen and oxygen atoms in total. The number of aromatic nitrogens is 1. The van der Waals surface area contributed by atoms with Gasteiger partial charge in [0.15, 0.2) is 0 Å². The average molecular weight is 323 g/mol. The first-order valence-electron chi connectivity index (χ1n) is 7.65. The Balaban J connectivity index is 2.11. The lowest BCUT2D eigenvalue weighted by Gasteiger charge is -2.19. The summed E-state index contributed by atoms with van der Waals surface area (Å²) in [5.41, 5.74) is 2.86. The quantitative estimate of drug-likeness (QED) is 0.681. The molecule has 1 atom stereocenters. The molecule has 4 heteroatoms. The van der Waals surface area contributed by atoms with E-state index in [1.165, 1.54) is 18.9 Å². The molecule has 0 amide bonds. The number of carbonyl (C=O) groups is 1. The van der Waals surface area contributed by atoms with Gasteiger partial charge in [-0.3, -0.25) is 0 Å². The summed E-state index contributed by atoms with van der Waals surface area (Å²) in [7, 11) is 1.30. The maximum Gasteiger partial charge on any atom is 0.356 e. The summed E-state index contributed by atoms with van der Waals surface area (Å²) in [5.74, 6) is 5.15. The Morgan fingerprint density at radius 1 is 1.17 bits per heavy atom. The third-order valence-electron chi connectivity index (χ3n) is 3.60. The predicted molar refractivity (Wildman–Crippen MR) is 92.6 cm³/mol. The van der Waals surface area contributed by atoms with Crippen LogP contribution in [0, 0.1) is 11.8 Å². The molecule has 1 unspecified atom stereocenters. The monoisotopic (exact) mass is 323 g/mol. The number of benzene rings is 1. The number of nitrogens with zero attached hydrogens (tertiary/aromatic N) is 1. The maximum absolute atomic E-state index is 11.3. The van der Waals surface area contributed by atoms with E-state index < -0.39 is 12.1 Å². The van der Waals surface area contributed by atoms with Gasteiger partial charge < -0.3 is 9.84 Å². The highest BCUT2D eigenvalue weighted by Crippen LogP contribution is 2.23. The smallest absolute Gasteiger partial charge is 0.356 e. The van der Waals surface area contributed by atoms with Gasteiger partial charge in [0.05, 0.1) is 7.11 Å². The van der Waals surface area contributed by atoms with Crippen LogP contribution in [-0.2, 0) is 10.2 Å². The van der Waals surface area contributed by atoms with Crippen molar-refractivity contribution >= 4 is 5.97 Å². The van der Waals surface area contributed by atoms with Crippen LogP contribution in [0.15, 0.2) is 42.6 Å². The number of hydrogen-bond donors (Lipinski definition) is 1. The minimum absolute atomic E-state index is 0.0716. The molecule has 1 N–H and O–H groups in total. The second-order valence-electron chi connectivity index (χ2n) is 6.47. The Labute approximate surface area is 142 Å². The van der Waals surface area contributed by atoms with E-state index in [-0.39, 0.29) is 11.1 Å². The van der Waals surface area contributed by atoms with Crippen LogP contribution in [0.25, 0.3) is 0 Å². The van der Waals surface area contributed by atoms with Crippen LogP contribution in [0.2, 0.25) is 0 Å². The fraction of sp³-hybridized carbons (Fsp3) is 0.300. The van der Waals surface area contributed by atoms with Gasteiger partial charge in [-0.25, -0.2) is 9.78 Å². The molecular weight excluding hydrogens is 302 g/mol. The van der Waals surface area contributed by atoms with Crippen LogP contribution in [0.1, 0.15) is 54.1 Å². The Morgan fingerprint density at radius 3 is 2.33 bits per heavy atom. The normalized spacial score (nSPS) is 12.0. The molecule has 0 fully saturated rings. The van der Waals surface area contributed by atoms with E-state index in [4.69, 9.17) is 0 Å². The Hall–Kier alpha value is -2.64. The number of methoxy groups -OCH3 is 1. The first-order chi connectivity index (χ1) is 11.3. The van der Waals surface area contributed by atoms with Crippen molar-refractivity contribution in [2.75, 3.05) is 7.11 Å². The van der Waals surface area contributed by atoms with Crippen molar-refractivity contribution in [1.29, 1.82) is 0 Å². The van der Waals surface area contributed by atoms with Gasteiger partial charge in [-0.2, -0.15) is 0 Å². The highest BCUT2D eigenvalue weighted by Gasteiger charge is 2.14. The lowest BCUT2D eigenvalue weighted by Crippen LogP contribution is -2.10. The van der Waals surface area contributed by atoms with E-state index in [2.05, 4.69) is 42.3 Å². The summed E-state index contributed by atoms with van der Waals surface area (Å²) in [6, 6.07) is 11.0. The van der Waals surface area contributed by atoms with Crippen LogP contribution in [0.5, 0.6) is 0 Å². The highest BCUT2D eigenvalue weighted by molar-refractivity contribution is 5.87. The predicted octanol–water partition coefficient (Wildman–Crippen LogP) is 3.25. The molecule has 0 aliphatic carbocycles. The molecule has 2 aromatic rings. The third-order valence-corrected chi connectivity index (χ3v) is 3.60. The molecule has 124 valence electrons. The molecular formula is C20H21NO3. The molecule has 24 heavy (non-hydrogen) atoms. The number of hydrogen-bond acceptors (Lipinski definition) is 4. The van der Waals surface area contributed by atoms with E-state index >= 15 is 0 Å². The minimum atomic E-state index is -0.876. The van der Waals surface area contributed by atoms with Crippen LogP contribution in [-0.4, -0.2) is 23.2 Å². The van der Waals surface area contributed by atoms with Gasteiger partial charge in [0.2, 0.25) is 0 Å². The molecule has 0 aliphatic heterocycles. The van der Waals surface area contributed by atoms with Gasteiger partial charge in [-0.15, -0.1) is 0 Å². The topological polar surface area (TPSA) is 59.4 Å². The molecule has 0 saturated heterocycles. The van der Waals surface area contributed by atoms with E-state index in [0.717, 1.165) is 5.56 Å². The first-order valence-corrected chi connectivity index (χ1v) is 7.65. The van der Waals surface area contributed by atoms with Gasteiger partial charge in [0.1, 0.15) is 11.8 Å².